The van der Waals surface area contributed by atoms with Crippen LogP contribution in [0.25, 0.3) is 0 Å². The minimum absolute atomic E-state index is 0.153. The van der Waals surface area contributed by atoms with Gasteiger partial charge in [-0.25, -0.2) is 0 Å². The second kappa shape index (κ2) is 5.66. The van der Waals surface area contributed by atoms with Crippen molar-refractivity contribution >= 4 is 33.4 Å². The lowest BCUT2D eigenvalue weighted by Crippen LogP contribution is -2.44. The Kier molecular flexibility index (Phi) is 4.11. The van der Waals surface area contributed by atoms with Gasteiger partial charge in [-0.05, 0) is 49.6 Å². The zero-order chi connectivity index (χ0) is 13.3. The molecular weight excluding hydrogens is 322 g/mol. The number of thioether (sulfide) groups is 1. The summed E-state index contributed by atoms with van der Waals surface area (Å²) in [5.74, 6) is 2.42. The van der Waals surface area contributed by atoms with Gasteiger partial charge in [-0.1, -0.05) is 22.0 Å². The smallest absolute Gasteiger partial charge is 0.0799 e. The average Bonchev–Trinajstić information content (AvgIpc) is 2.83. The highest BCUT2D eigenvalue weighted by Crippen LogP contribution is 2.39. The van der Waals surface area contributed by atoms with Crippen LogP contribution >= 0.6 is 27.7 Å². The molecule has 0 bridgehead atoms. The van der Waals surface area contributed by atoms with Crippen molar-refractivity contribution in [1.29, 1.82) is 0 Å². The van der Waals surface area contributed by atoms with E-state index in [0.717, 1.165) is 19.4 Å². The Morgan fingerprint density at radius 3 is 3.16 bits per heavy atom. The van der Waals surface area contributed by atoms with E-state index in [1.54, 1.807) is 0 Å². The standard InChI is InChI=1S/C15H20BrNOS/c1-11-13(16)3-2-4-14(11)17-12-5-7-18-15(9-12)6-8-19-10-15/h2-4,12,17H,5-10H2,1H3. The second-order valence-electron chi connectivity index (χ2n) is 5.58. The van der Waals surface area contributed by atoms with Crippen molar-refractivity contribution in [3.8, 4) is 0 Å². The van der Waals surface area contributed by atoms with E-state index in [1.807, 2.05) is 11.8 Å². The van der Waals surface area contributed by atoms with Crippen molar-refractivity contribution in [2.75, 3.05) is 23.4 Å². The second-order valence-corrected chi connectivity index (χ2v) is 7.54. The van der Waals surface area contributed by atoms with Gasteiger partial charge in [0.05, 0.1) is 5.60 Å². The summed E-state index contributed by atoms with van der Waals surface area (Å²) in [6.07, 6.45) is 3.47. The van der Waals surface area contributed by atoms with Crippen molar-refractivity contribution in [2.24, 2.45) is 0 Å². The van der Waals surface area contributed by atoms with Gasteiger partial charge in [0.25, 0.3) is 0 Å². The van der Waals surface area contributed by atoms with Gasteiger partial charge >= 0.3 is 0 Å². The first kappa shape index (κ1) is 13.8. The number of nitrogens with one attached hydrogen (secondary N) is 1. The van der Waals surface area contributed by atoms with E-state index in [9.17, 15) is 0 Å². The molecule has 1 aromatic rings. The third-order valence-corrected chi connectivity index (χ3v) is 6.27. The lowest BCUT2D eigenvalue weighted by atomic mass is 9.89. The largest absolute Gasteiger partial charge is 0.382 e. The first-order chi connectivity index (χ1) is 9.19. The lowest BCUT2D eigenvalue weighted by molar-refractivity contribution is -0.0628. The molecular formula is C15H20BrNOS. The molecule has 2 aliphatic rings. The van der Waals surface area contributed by atoms with Gasteiger partial charge in [0.15, 0.2) is 0 Å². The number of hydrogen-bond acceptors (Lipinski definition) is 3. The molecule has 0 saturated carbocycles. The highest BCUT2D eigenvalue weighted by atomic mass is 79.9. The molecule has 4 heteroatoms. The molecule has 2 atom stereocenters. The molecule has 104 valence electrons. The van der Waals surface area contributed by atoms with Gasteiger partial charge < -0.3 is 10.1 Å². The van der Waals surface area contributed by atoms with E-state index in [4.69, 9.17) is 4.74 Å². The highest BCUT2D eigenvalue weighted by molar-refractivity contribution is 9.10. The van der Waals surface area contributed by atoms with Crippen molar-refractivity contribution < 1.29 is 4.74 Å². The third-order valence-electron chi connectivity index (χ3n) is 4.19. The SMILES string of the molecule is Cc1c(Br)cccc1NC1CCOC2(CCSC2)C1. The minimum atomic E-state index is 0.153. The van der Waals surface area contributed by atoms with Crippen LogP contribution in [-0.4, -0.2) is 29.8 Å². The normalized spacial score (nSPS) is 30.7. The van der Waals surface area contributed by atoms with Crippen LogP contribution in [0, 0.1) is 6.92 Å². The van der Waals surface area contributed by atoms with E-state index in [-0.39, 0.29) is 5.60 Å². The summed E-state index contributed by atoms with van der Waals surface area (Å²) in [5, 5.41) is 3.72. The van der Waals surface area contributed by atoms with Gasteiger partial charge in [0, 0.05) is 28.6 Å². The number of hydrogen-bond donors (Lipinski definition) is 1. The molecule has 2 saturated heterocycles. The van der Waals surface area contributed by atoms with Crippen LogP contribution in [0.4, 0.5) is 5.69 Å². The molecule has 1 N–H and O–H groups in total. The molecule has 1 spiro atoms. The molecule has 3 rings (SSSR count). The van der Waals surface area contributed by atoms with Gasteiger partial charge in [0.2, 0.25) is 0 Å². The Hall–Kier alpha value is -0.190. The van der Waals surface area contributed by atoms with E-state index >= 15 is 0 Å². The fourth-order valence-corrected chi connectivity index (χ4v) is 4.74. The zero-order valence-corrected chi connectivity index (χ0v) is 13.6. The molecule has 0 aliphatic carbocycles. The number of rotatable bonds is 2. The summed E-state index contributed by atoms with van der Waals surface area (Å²) in [6, 6.07) is 6.91. The summed E-state index contributed by atoms with van der Waals surface area (Å²) in [5.41, 5.74) is 2.70. The van der Waals surface area contributed by atoms with Crippen LogP contribution in [0.1, 0.15) is 24.8 Å². The fraction of sp³-hybridized carbons (Fsp3) is 0.600. The predicted molar refractivity (Wildman–Crippen MR) is 86.1 cm³/mol. The first-order valence-corrected chi connectivity index (χ1v) is 8.87. The van der Waals surface area contributed by atoms with E-state index in [1.165, 1.54) is 33.7 Å². The van der Waals surface area contributed by atoms with Crippen molar-refractivity contribution in [3.05, 3.63) is 28.2 Å². The molecule has 1 aromatic carbocycles. The predicted octanol–water partition coefficient (Wildman–Crippen LogP) is 4.22. The van der Waals surface area contributed by atoms with Gasteiger partial charge in [-0.15, -0.1) is 0 Å². The summed E-state index contributed by atoms with van der Waals surface area (Å²) in [4.78, 5) is 0. The molecule has 0 amide bonds. The molecule has 2 heterocycles. The Morgan fingerprint density at radius 2 is 2.37 bits per heavy atom. The van der Waals surface area contributed by atoms with Gasteiger partial charge in [-0.3, -0.25) is 0 Å². The maximum absolute atomic E-state index is 6.08. The Balaban J connectivity index is 1.71. The number of benzene rings is 1. The average molecular weight is 342 g/mol. The molecule has 2 aliphatic heterocycles. The van der Waals surface area contributed by atoms with Crippen molar-refractivity contribution in [1.82, 2.24) is 0 Å². The lowest BCUT2D eigenvalue weighted by Gasteiger charge is -2.38. The maximum Gasteiger partial charge on any atom is 0.0799 e. The molecule has 2 unspecified atom stereocenters. The minimum Gasteiger partial charge on any atom is -0.382 e. The Morgan fingerprint density at radius 1 is 1.47 bits per heavy atom. The van der Waals surface area contributed by atoms with Crippen LogP contribution in [0.5, 0.6) is 0 Å². The molecule has 0 radical (unpaired) electrons. The molecule has 2 fully saturated rings. The van der Waals surface area contributed by atoms with Crippen LogP contribution in [0.15, 0.2) is 22.7 Å². The quantitative estimate of drug-likeness (QED) is 0.869. The highest BCUT2D eigenvalue weighted by Gasteiger charge is 2.40. The van der Waals surface area contributed by atoms with Gasteiger partial charge in [0.1, 0.15) is 0 Å². The fourth-order valence-electron chi connectivity index (χ4n) is 3.00. The topological polar surface area (TPSA) is 21.3 Å². The Bertz CT molecular complexity index is 459. The first-order valence-electron chi connectivity index (χ1n) is 6.92. The maximum atomic E-state index is 6.08. The number of anilines is 1. The van der Waals surface area contributed by atoms with Crippen LogP contribution in [0.2, 0.25) is 0 Å². The van der Waals surface area contributed by atoms with E-state index in [0.29, 0.717) is 6.04 Å². The van der Waals surface area contributed by atoms with Crippen LogP contribution in [-0.2, 0) is 4.74 Å². The van der Waals surface area contributed by atoms with Crippen LogP contribution < -0.4 is 5.32 Å². The summed E-state index contributed by atoms with van der Waals surface area (Å²) >= 11 is 5.64. The molecule has 19 heavy (non-hydrogen) atoms. The molecule has 2 nitrogen and oxygen atoms in total. The van der Waals surface area contributed by atoms with Crippen molar-refractivity contribution in [3.63, 3.8) is 0 Å². The van der Waals surface area contributed by atoms with E-state index < -0.39 is 0 Å². The monoisotopic (exact) mass is 341 g/mol. The van der Waals surface area contributed by atoms with E-state index in [2.05, 4.69) is 46.4 Å². The zero-order valence-electron chi connectivity index (χ0n) is 11.2. The van der Waals surface area contributed by atoms with Crippen LogP contribution in [0.3, 0.4) is 0 Å². The van der Waals surface area contributed by atoms with Crippen molar-refractivity contribution in [2.45, 2.75) is 37.8 Å². The third kappa shape index (κ3) is 2.96. The molecule has 0 aromatic heterocycles. The number of ether oxygens (including phenoxy) is 1. The summed E-state index contributed by atoms with van der Waals surface area (Å²) in [7, 11) is 0. The number of halogens is 1. The Labute approximate surface area is 127 Å². The summed E-state index contributed by atoms with van der Waals surface area (Å²) < 4.78 is 7.25. The van der Waals surface area contributed by atoms with Gasteiger partial charge in [-0.2, -0.15) is 11.8 Å². The summed E-state index contributed by atoms with van der Waals surface area (Å²) in [6.45, 7) is 3.05.